The minimum absolute atomic E-state index is 0. The summed E-state index contributed by atoms with van der Waals surface area (Å²) in [5.74, 6) is 1.95. The van der Waals surface area contributed by atoms with Crippen LogP contribution in [-0.2, 0) is 6.42 Å². The molecule has 1 aromatic carbocycles. The first-order valence-electron chi connectivity index (χ1n) is 7.81. The first kappa shape index (κ1) is 19.5. The van der Waals surface area contributed by atoms with Crippen LogP contribution in [0.3, 0.4) is 0 Å². The van der Waals surface area contributed by atoms with E-state index in [1.54, 1.807) is 0 Å². The van der Waals surface area contributed by atoms with Gasteiger partial charge < -0.3 is 14.7 Å². The van der Waals surface area contributed by atoms with Gasteiger partial charge in [0.1, 0.15) is 0 Å². The van der Waals surface area contributed by atoms with Gasteiger partial charge in [-0.3, -0.25) is 0 Å². The Morgan fingerprint density at radius 2 is 1.83 bits per heavy atom. The van der Waals surface area contributed by atoms with E-state index < -0.39 is 0 Å². The zero-order valence-corrected chi connectivity index (χ0v) is 15.4. The molecule has 2 aromatic rings. The van der Waals surface area contributed by atoms with Crippen molar-refractivity contribution in [1.82, 2.24) is 15.5 Å². The molecule has 5 nitrogen and oxygen atoms in total. The number of benzene rings is 1. The van der Waals surface area contributed by atoms with Crippen molar-refractivity contribution >= 4 is 18.1 Å². The zero-order chi connectivity index (χ0) is 16.1. The second kappa shape index (κ2) is 8.89. The molecule has 23 heavy (non-hydrogen) atoms. The normalized spacial score (nSPS) is 12.1. The van der Waals surface area contributed by atoms with E-state index in [-0.39, 0.29) is 12.4 Å². The number of nitrogens with one attached hydrogen (secondary N) is 1. The van der Waals surface area contributed by atoms with Crippen molar-refractivity contribution in [3.8, 4) is 11.5 Å². The van der Waals surface area contributed by atoms with Gasteiger partial charge in [0, 0.05) is 37.3 Å². The monoisotopic (exact) mass is 338 g/mol. The molecule has 0 fully saturated rings. The van der Waals surface area contributed by atoms with Gasteiger partial charge in [-0.2, -0.15) is 4.98 Å². The summed E-state index contributed by atoms with van der Waals surface area (Å²) in [4.78, 5) is 6.71. The molecule has 1 heterocycles. The molecule has 1 atom stereocenters. The van der Waals surface area contributed by atoms with Crippen LogP contribution >= 0.6 is 12.4 Å². The molecular formula is C17H27ClN4O. The molecule has 0 aliphatic rings. The molecule has 6 heteroatoms. The Labute approximate surface area is 144 Å². The topological polar surface area (TPSA) is 54.2 Å². The number of nitrogens with zero attached hydrogens (tertiary/aromatic N) is 3. The number of rotatable bonds is 7. The number of likely N-dealkylation sites (N-methyl/N-ethyl adjacent to an activating group) is 1. The van der Waals surface area contributed by atoms with E-state index in [1.807, 2.05) is 19.2 Å². The predicted molar refractivity (Wildman–Crippen MR) is 97.3 cm³/mol. The Hall–Kier alpha value is -1.59. The first-order valence-corrected chi connectivity index (χ1v) is 7.81. The third kappa shape index (κ3) is 5.52. The van der Waals surface area contributed by atoms with Gasteiger partial charge in [-0.1, -0.05) is 19.0 Å². The number of anilines is 1. The van der Waals surface area contributed by atoms with Crippen molar-refractivity contribution in [2.24, 2.45) is 5.92 Å². The van der Waals surface area contributed by atoms with Crippen LogP contribution in [0.2, 0.25) is 0 Å². The predicted octanol–water partition coefficient (Wildman–Crippen LogP) is 3.40. The Morgan fingerprint density at radius 1 is 1.17 bits per heavy atom. The molecule has 0 aliphatic carbocycles. The van der Waals surface area contributed by atoms with Gasteiger partial charge in [0.25, 0.3) is 5.89 Å². The van der Waals surface area contributed by atoms with Gasteiger partial charge in [-0.15, -0.1) is 12.4 Å². The quantitative estimate of drug-likeness (QED) is 0.838. The molecular weight excluding hydrogens is 312 g/mol. The minimum Gasteiger partial charge on any atom is -0.374 e. The van der Waals surface area contributed by atoms with Crippen molar-refractivity contribution in [3.63, 3.8) is 0 Å². The summed E-state index contributed by atoms with van der Waals surface area (Å²) < 4.78 is 5.36. The van der Waals surface area contributed by atoms with Crippen LogP contribution in [-0.4, -0.2) is 36.8 Å². The molecule has 2 rings (SSSR count). The summed E-state index contributed by atoms with van der Waals surface area (Å²) >= 11 is 0. The lowest BCUT2D eigenvalue weighted by atomic mass is 10.1. The molecule has 0 radical (unpaired) electrons. The number of halogens is 1. The van der Waals surface area contributed by atoms with E-state index >= 15 is 0 Å². The molecule has 0 bridgehead atoms. The van der Waals surface area contributed by atoms with E-state index in [9.17, 15) is 0 Å². The van der Waals surface area contributed by atoms with Crippen molar-refractivity contribution in [2.75, 3.05) is 25.5 Å². The van der Waals surface area contributed by atoms with Gasteiger partial charge >= 0.3 is 0 Å². The van der Waals surface area contributed by atoms with E-state index in [1.165, 1.54) is 5.69 Å². The Bertz CT molecular complexity index is 583. The number of hydrogen-bond donors (Lipinski definition) is 1. The summed E-state index contributed by atoms with van der Waals surface area (Å²) in [6.45, 7) is 7.56. The van der Waals surface area contributed by atoms with E-state index in [0.717, 1.165) is 24.4 Å². The second-order valence-electron chi connectivity index (χ2n) is 6.23. The van der Waals surface area contributed by atoms with Crippen LogP contribution in [0.1, 0.15) is 26.6 Å². The Balaban J connectivity index is 0.00000264. The number of aromatic nitrogens is 2. The lowest BCUT2D eigenvalue weighted by Crippen LogP contribution is -2.24. The fraction of sp³-hybridized carbons (Fsp3) is 0.529. The summed E-state index contributed by atoms with van der Waals surface area (Å²) in [6, 6.07) is 8.59. The molecule has 0 amide bonds. The molecule has 1 N–H and O–H groups in total. The fourth-order valence-corrected chi connectivity index (χ4v) is 2.34. The first-order chi connectivity index (χ1) is 10.5. The molecule has 0 saturated heterocycles. The highest BCUT2D eigenvalue weighted by Crippen LogP contribution is 2.22. The van der Waals surface area contributed by atoms with Gasteiger partial charge in [0.2, 0.25) is 0 Å². The standard InChI is InChI=1S/C17H26N4O.ClH/c1-12(2)11-21(5)15-8-6-14(7-9-15)17-19-16(20-22-17)10-13(3)18-4;/h6-9,12-13,18H,10-11H2,1-5H3;1H. The van der Waals surface area contributed by atoms with Crippen molar-refractivity contribution in [2.45, 2.75) is 33.2 Å². The fourth-order valence-electron chi connectivity index (χ4n) is 2.34. The van der Waals surface area contributed by atoms with Gasteiger partial charge in [0.15, 0.2) is 5.82 Å². The highest BCUT2D eigenvalue weighted by atomic mass is 35.5. The zero-order valence-electron chi connectivity index (χ0n) is 14.5. The maximum absolute atomic E-state index is 5.36. The third-order valence-electron chi connectivity index (χ3n) is 3.64. The van der Waals surface area contributed by atoms with Crippen LogP contribution in [0, 0.1) is 5.92 Å². The minimum atomic E-state index is 0. The molecule has 1 unspecified atom stereocenters. The number of hydrogen-bond acceptors (Lipinski definition) is 5. The molecule has 0 aliphatic heterocycles. The van der Waals surface area contributed by atoms with E-state index in [2.05, 4.69) is 60.3 Å². The average molecular weight is 339 g/mol. The summed E-state index contributed by atoms with van der Waals surface area (Å²) in [5, 5.41) is 7.21. The highest BCUT2D eigenvalue weighted by Gasteiger charge is 2.11. The van der Waals surface area contributed by atoms with Crippen LogP contribution in [0.4, 0.5) is 5.69 Å². The molecule has 128 valence electrons. The lowest BCUT2D eigenvalue weighted by molar-refractivity contribution is 0.418. The SMILES string of the molecule is CNC(C)Cc1noc(-c2ccc(N(C)CC(C)C)cc2)n1.Cl. The Kier molecular flexibility index (Phi) is 7.52. The van der Waals surface area contributed by atoms with Crippen molar-refractivity contribution in [3.05, 3.63) is 30.1 Å². The van der Waals surface area contributed by atoms with Crippen molar-refractivity contribution in [1.29, 1.82) is 0 Å². The van der Waals surface area contributed by atoms with Crippen molar-refractivity contribution < 1.29 is 4.52 Å². The maximum atomic E-state index is 5.36. The van der Waals surface area contributed by atoms with E-state index in [0.29, 0.717) is 17.9 Å². The van der Waals surface area contributed by atoms with Crippen LogP contribution in [0.25, 0.3) is 11.5 Å². The molecule has 1 aromatic heterocycles. The van der Waals surface area contributed by atoms with Gasteiger partial charge in [0.05, 0.1) is 0 Å². The summed E-state index contributed by atoms with van der Waals surface area (Å²) in [5.41, 5.74) is 2.15. The second-order valence-corrected chi connectivity index (χ2v) is 6.23. The van der Waals surface area contributed by atoms with Crippen LogP contribution in [0.5, 0.6) is 0 Å². The largest absolute Gasteiger partial charge is 0.374 e. The molecule has 0 spiro atoms. The maximum Gasteiger partial charge on any atom is 0.257 e. The van der Waals surface area contributed by atoms with Crippen LogP contribution < -0.4 is 10.2 Å². The molecule has 0 saturated carbocycles. The van der Waals surface area contributed by atoms with E-state index in [4.69, 9.17) is 4.52 Å². The highest BCUT2D eigenvalue weighted by molar-refractivity contribution is 5.85. The van der Waals surface area contributed by atoms with Gasteiger partial charge in [-0.25, -0.2) is 0 Å². The average Bonchev–Trinajstić information content (AvgIpc) is 2.95. The lowest BCUT2D eigenvalue weighted by Gasteiger charge is -2.21. The Morgan fingerprint density at radius 3 is 2.39 bits per heavy atom. The summed E-state index contributed by atoms with van der Waals surface area (Å²) in [7, 11) is 4.04. The van der Waals surface area contributed by atoms with Gasteiger partial charge in [-0.05, 0) is 44.2 Å². The smallest absolute Gasteiger partial charge is 0.257 e. The third-order valence-corrected chi connectivity index (χ3v) is 3.64. The summed E-state index contributed by atoms with van der Waals surface area (Å²) in [6.07, 6.45) is 0.759. The van der Waals surface area contributed by atoms with Crippen LogP contribution in [0.15, 0.2) is 28.8 Å².